The van der Waals surface area contributed by atoms with Gasteiger partial charge >= 0.3 is 0 Å². The zero-order valence-corrected chi connectivity index (χ0v) is 18.0. The first-order valence-corrected chi connectivity index (χ1v) is 11.2. The molecule has 0 aliphatic rings. The van der Waals surface area contributed by atoms with Crippen LogP contribution in [-0.2, 0) is 11.2 Å². The van der Waals surface area contributed by atoms with Gasteiger partial charge in [0.25, 0.3) is 0 Å². The smallest absolute Gasteiger partial charge is 0.234 e. The SMILES string of the molecule is COc1ccccc1NC(=O)CSc1nnc(Cc2cccs2)n1-c1ccccc1. The Morgan fingerprint density at radius 1 is 1.07 bits per heavy atom. The minimum atomic E-state index is -0.132. The summed E-state index contributed by atoms with van der Waals surface area (Å²) in [5.74, 6) is 1.55. The van der Waals surface area contributed by atoms with E-state index in [1.165, 1.54) is 16.6 Å². The maximum atomic E-state index is 12.5. The van der Waals surface area contributed by atoms with Crippen molar-refractivity contribution < 1.29 is 9.53 Å². The van der Waals surface area contributed by atoms with Crippen LogP contribution in [0.4, 0.5) is 5.69 Å². The third-order valence-electron chi connectivity index (χ3n) is 4.34. The third kappa shape index (κ3) is 4.72. The molecule has 152 valence electrons. The Kier molecular flexibility index (Phi) is 6.46. The van der Waals surface area contributed by atoms with Crippen molar-refractivity contribution in [2.75, 3.05) is 18.2 Å². The summed E-state index contributed by atoms with van der Waals surface area (Å²) >= 11 is 3.05. The Balaban J connectivity index is 1.52. The molecule has 30 heavy (non-hydrogen) atoms. The first kappa shape index (κ1) is 20.2. The standard InChI is InChI=1S/C22H20N4O2S2/c1-28-19-12-6-5-11-18(19)23-21(27)15-30-22-25-24-20(14-17-10-7-13-29-17)26(22)16-8-3-2-4-9-16/h2-13H,14-15H2,1H3,(H,23,27). The molecule has 8 heteroatoms. The average molecular weight is 437 g/mol. The van der Waals surface area contributed by atoms with E-state index in [0.29, 0.717) is 23.0 Å². The largest absolute Gasteiger partial charge is 0.495 e. The van der Waals surface area contributed by atoms with Crippen molar-refractivity contribution in [1.29, 1.82) is 0 Å². The summed E-state index contributed by atoms with van der Waals surface area (Å²) in [4.78, 5) is 13.7. The van der Waals surface area contributed by atoms with Gasteiger partial charge < -0.3 is 10.1 Å². The van der Waals surface area contributed by atoms with Crippen LogP contribution in [0.1, 0.15) is 10.7 Å². The fraction of sp³-hybridized carbons (Fsp3) is 0.136. The van der Waals surface area contributed by atoms with E-state index >= 15 is 0 Å². The fourth-order valence-corrected chi connectivity index (χ4v) is 4.45. The molecule has 1 amide bonds. The number of thiophene rings is 1. The molecule has 1 N–H and O–H groups in total. The molecule has 0 bridgehead atoms. The minimum absolute atomic E-state index is 0.132. The number of carbonyl (C=O) groups excluding carboxylic acids is 1. The van der Waals surface area contributed by atoms with Crippen molar-refractivity contribution >= 4 is 34.7 Å². The number of para-hydroxylation sites is 3. The summed E-state index contributed by atoms with van der Waals surface area (Å²) in [5.41, 5.74) is 1.62. The van der Waals surface area contributed by atoms with Crippen LogP contribution in [0.15, 0.2) is 77.3 Å². The van der Waals surface area contributed by atoms with Gasteiger partial charge in [-0.25, -0.2) is 0 Å². The molecular weight excluding hydrogens is 416 g/mol. The molecule has 0 saturated carbocycles. The monoisotopic (exact) mass is 436 g/mol. The topological polar surface area (TPSA) is 69.0 Å². The van der Waals surface area contributed by atoms with Gasteiger partial charge in [0.1, 0.15) is 11.6 Å². The number of hydrogen-bond acceptors (Lipinski definition) is 6. The first-order valence-electron chi connectivity index (χ1n) is 9.32. The summed E-state index contributed by atoms with van der Waals surface area (Å²) in [7, 11) is 1.58. The van der Waals surface area contributed by atoms with E-state index in [9.17, 15) is 4.79 Å². The van der Waals surface area contributed by atoms with Crippen molar-refractivity contribution in [3.8, 4) is 11.4 Å². The maximum absolute atomic E-state index is 12.5. The molecule has 2 aromatic carbocycles. The Labute approximate surface area is 182 Å². The van der Waals surface area contributed by atoms with E-state index in [0.717, 1.165) is 11.5 Å². The number of nitrogens with one attached hydrogen (secondary N) is 1. The molecule has 0 saturated heterocycles. The number of rotatable bonds is 8. The van der Waals surface area contributed by atoms with E-state index < -0.39 is 0 Å². The van der Waals surface area contributed by atoms with E-state index in [1.54, 1.807) is 18.4 Å². The van der Waals surface area contributed by atoms with Crippen LogP contribution in [0.3, 0.4) is 0 Å². The molecule has 0 fully saturated rings. The summed E-state index contributed by atoms with van der Waals surface area (Å²) in [5, 5.41) is 14.4. The molecule has 6 nitrogen and oxygen atoms in total. The van der Waals surface area contributed by atoms with Crippen LogP contribution in [0.2, 0.25) is 0 Å². The number of anilines is 1. The van der Waals surface area contributed by atoms with Crippen LogP contribution < -0.4 is 10.1 Å². The number of aromatic nitrogens is 3. The number of carbonyl (C=O) groups is 1. The van der Waals surface area contributed by atoms with E-state index in [1.807, 2.05) is 65.2 Å². The summed E-state index contributed by atoms with van der Waals surface area (Å²) in [6.07, 6.45) is 0.688. The molecule has 0 aliphatic heterocycles. The highest BCUT2D eigenvalue weighted by molar-refractivity contribution is 7.99. The van der Waals surface area contributed by atoms with Crippen molar-refractivity contribution in [3.05, 3.63) is 82.8 Å². The van der Waals surface area contributed by atoms with Gasteiger partial charge in [-0.1, -0.05) is 48.2 Å². The van der Waals surface area contributed by atoms with Gasteiger partial charge in [-0.05, 0) is 35.7 Å². The Hall–Kier alpha value is -3.10. The average Bonchev–Trinajstić information content (AvgIpc) is 3.43. The van der Waals surface area contributed by atoms with Crippen molar-refractivity contribution in [3.63, 3.8) is 0 Å². The molecule has 4 rings (SSSR count). The number of benzene rings is 2. The van der Waals surface area contributed by atoms with Crippen LogP contribution in [-0.4, -0.2) is 33.5 Å². The number of thioether (sulfide) groups is 1. The Morgan fingerprint density at radius 3 is 2.63 bits per heavy atom. The van der Waals surface area contributed by atoms with E-state index in [-0.39, 0.29) is 11.7 Å². The van der Waals surface area contributed by atoms with Gasteiger partial charge in [-0.2, -0.15) is 0 Å². The number of hydrogen-bond donors (Lipinski definition) is 1. The number of ether oxygens (including phenoxy) is 1. The number of amides is 1. The maximum Gasteiger partial charge on any atom is 0.234 e. The first-order chi connectivity index (χ1) is 14.7. The lowest BCUT2D eigenvalue weighted by molar-refractivity contribution is -0.113. The lowest BCUT2D eigenvalue weighted by Crippen LogP contribution is -2.15. The van der Waals surface area contributed by atoms with Gasteiger partial charge in [0.2, 0.25) is 5.91 Å². The lowest BCUT2D eigenvalue weighted by Gasteiger charge is -2.11. The quantitative estimate of drug-likeness (QED) is 0.407. The Morgan fingerprint density at radius 2 is 1.87 bits per heavy atom. The summed E-state index contributed by atoms with van der Waals surface area (Å²) < 4.78 is 7.31. The van der Waals surface area contributed by atoms with Crippen LogP contribution in [0.5, 0.6) is 5.75 Å². The predicted octanol–water partition coefficient (Wildman–Crippen LogP) is 4.66. The second kappa shape index (κ2) is 9.60. The molecule has 0 aliphatic carbocycles. The third-order valence-corrected chi connectivity index (χ3v) is 6.15. The molecule has 4 aromatic rings. The lowest BCUT2D eigenvalue weighted by atomic mass is 10.3. The highest BCUT2D eigenvalue weighted by Gasteiger charge is 2.17. The fourth-order valence-electron chi connectivity index (χ4n) is 2.98. The zero-order chi connectivity index (χ0) is 20.8. The molecule has 2 heterocycles. The highest BCUT2D eigenvalue weighted by Crippen LogP contribution is 2.26. The molecule has 0 radical (unpaired) electrons. The molecule has 0 spiro atoms. The summed E-state index contributed by atoms with van der Waals surface area (Å²) in [6.45, 7) is 0. The number of nitrogens with zero attached hydrogens (tertiary/aromatic N) is 3. The molecule has 0 atom stereocenters. The van der Waals surface area contributed by atoms with Crippen LogP contribution in [0.25, 0.3) is 5.69 Å². The van der Waals surface area contributed by atoms with Crippen molar-refractivity contribution in [2.24, 2.45) is 0 Å². The van der Waals surface area contributed by atoms with Crippen LogP contribution >= 0.6 is 23.1 Å². The number of methoxy groups -OCH3 is 1. The second-order valence-corrected chi connectivity index (χ2v) is 8.34. The predicted molar refractivity (Wildman–Crippen MR) is 121 cm³/mol. The molecule has 2 aromatic heterocycles. The van der Waals surface area contributed by atoms with Gasteiger partial charge in [0, 0.05) is 17.0 Å². The van der Waals surface area contributed by atoms with Gasteiger partial charge in [-0.15, -0.1) is 21.5 Å². The minimum Gasteiger partial charge on any atom is -0.495 e. The molecule has 0 unspecified atom stereocenters. The van der Waals surface area contributed by atoms with Crippen molar-refractivity contribution in [1.82, 2.24) is 14.8 Å². The zero-order valence-electron chi connectivity index (χ0n) is 16.3. The normalized spacial score (nSPS) is 10.7. The van der Waals surface area contributed by atoms with Gasteiger partial charge in [-0.3, -0.25) is 9.36 Å². The summed E-state index contributed by atoms with van der Waals surface area (Å²) in [6, 6.07) is 21.4. The second-order valence-electron chi connectivity index (χ2n) is 6.36. The van der Waals surface area contributed by atoms with Crippen molar-refractivity contribution in [2.45, 2.75) is 11.6 Å². The van der Waals surface area contributed by atoms with Gasteiger partial charge in [0.15, 0.2) is 5.16 Å². The highest BCUT2D eigenvalue weighted by atomic mass is 32.2. The van der Waals surface area contributed by atoms with Gasteiger partial charge in [0.05, 0.1) is 18.6 Å². The van der Waals surface area contributed by atoms with Crippen LogP contribution in [0, 0.1) is 0 Å². The van der Waals surface area contributed by atoms with E-state index in [2.05, 4.69) is 27.0 Å². The molecular formula is C22H20N4O2S2. The Bertz CT molecular complexity index is 1110. The van der Waals surface area contributed by atoms with E-state index in [4.69, 9.17) is 4.74 Å².